The molecule has 0 aromatic carbocycles. The van der Waals surface area contributed by atoms with Gasteiger partial charge >= 0.3 is 0 Å². The molecule has 2 aromatic heterocycles. The van der Waals surface area contributed by atoms with Gasteiger partial charge < -0.3 is 20.9 Å². The van der Waals surface area contributed by atoms with Crippen LogP contribution in [0.3, 0.4) is 0 Å². The maximum Gasteiger partial charge on any atom is 0.204 e. The molecule has 1 saturated carbocycles. The molecule has 1 aliphatic rings. The van der Waals surface area contributed by atoms with E-state index < -0.39 is 0 Å². The first-order valence-electron chi connectivity index (χ1n) is 9.75. The quantitative estimate of drug-likeness (QED) is 0.552. The van der Waals surface area contributed by atoms with E-state index in [9.17, 15) is 0 Å². The third-order valence-electron chi connectivity index (χ3n) is 5.62. The molecule has 3 rings (SSSR count). The third kappa shape index (κ3) is 4.80. The number of nitrogens with one attached hydrogen (secondary N) is 2. The van der Waals surface area contributed by atoms with Gasteiger partial charge in [0.1, 0.15) is 11.9 Å². The van der Waals surface area contributed by atoms with Crippen molar-refractivity contribution >= 4 is 38.4 Å². The lowest BCUT2D eigenvalue weighted by Crippen LogP contribution is -2.40. The van der Waals surface area contributed by atoms with E-state index in [1.165, 1.54) is 0 Å². The summed E-state index contributed by atoms with van der Waals surface area (Å²) in [6.45, 7) is 4.37. The monoisotopic (exact) mass is 458 g/mol. The molecule has 0 bridgehead atoms. The van der Waals surface area contributed by atoms with Gasteiger partial charge in [-0.1, -0.05) is 0 Å². The lowest BCUT2D eigenvalue weighted by atomic mass is 9.90. The van der Waals surface area contributed by atoms with Gasteiger partial charge in [-0.25, -0.2) is 4.98 Å². The number of rotatable bonds is 6. The number of nitrogens with two attached hydrogens (primary N) is 1. The Kier molecular flexibility index (Phi) is 6.60. The highest BCUT2D eigenvalue weighted by molar-refractivity contribution is 9.10. The minimum absolute atomic E-state index is 0.282. The number of halogens is 1. The SMILES string of the molecule is CC(=N)/C(CN(C)C1CCC(Nc2ncc3oc(C#N)cc3c2Br)CC1)=C(/C)N. The number of likely N-dealkylation sites (N-methyl/N-ethyl adjacent to an activating group) is 1. The van der Waals surface area contributed by atoms with Crippen molar-refractivity contribution in [1.82, 2.24) is 9.88 Å². The maximum absolute atomic E-state index is 9.02. The number of fused-ring (bicyclic) bond motifs is 1. The number of anilines is 1. The van der Waals surface area contributed by atoms with Crippen LogP contribution in [0.1, 0.15) is 45.3 Å². The Hall–Kier alpha value is -2.37. The van der Waals surface area contributed by atoms with Crippen LogP contribution in [-0.2, 0) is 0 Å². The molecule has 0 aliphatic heterocycles. The van der Waals surface area contributed by atoms with E-state index in [1.807, 2.05) is 13.0 Å². The predicted molar refractivity (Wildman–Crippen MR) is 119 cm³/mol. The molecule has 2 aromatic rings. The molecule has 0 radical (unpaired) electrons. The lowest BCUT2D eigenvalue weighted by Gasteiger charge is -2.35. The number of furan rings is 1. The van der Waals surface area contributed by atoms with E-state index in [1.54, 1.807) is 19.2 Å². The highest BCUT2D eigenvalue weighted by atomic mass is 79.9. The Morgan fingerprint density at radius 2 is 2.10 bits per heavy atom. The normalized spacial score (nSPS) is 20.4. The van der Waals surface area contributed by atoms with Crippen molar-refractivity contribution in [3.63, 3.8) is 0 Å². The van der Waals surface area contributed by atoms with Crippen molar-refractivity contribution in [3.05, 3.63) is 33.8 Å². The molecule has 0 spiro atoms. The molecule has 0 atom stereocenters. The number of nitriles is 1. The van der Waals surface area contributed by atoms with Crippen LogP contribution in [0.25, 0.3) is 11.0 Å². The molecule has 7 nitrogen and oxygen atoms in total. The highest BCUT2D eigenvalue weighted by Gasteiger charge is 2.26. The van der Waals surface area contributed by atoms with Gasteiger partial charge in [0, 0.05) is 47.1 Å². The van der Waals surface area contributed by atoms with E-state index >= 15 is 0 Å². The van der Waals surface area contributed by atoms with Crippen molar-refractivity contribution in [1.29, 1.82) is 10.7 Å². The van der Waals surface area contributed by atoms with Gasteiger partial charge in [0.05, 0.1) is 10.7 Å². The van der Waals surface area contributed by atoms with Crippen LogP contribution in [0, 0.1) is 16.7 Å². The second-order valence-electron chi connectivity index (χ2n) is 7.77. The first-order valence-corrected chi connectivity index (χ1v) is 10.5. The minimum Gasteiger partial charge on any atom is -0.444 e. The Balaban J connectivity index is 1.61. The van der Waals surface area contributed by atoms with Gasteiger partial charge in [0.2, 0.25) is 5.76 Å². The van der Waals surface area contributed by atoms with Gasteiger partial charge in [-0.3, -0.25) is 4.90 Å². The van der Waals surface area contributed by atoms with Crippen LogP contribution in [-0.4, -0.2) is 41.3 Å². The number of allylic oxidation sites excluding steroid dienone is 1. The fraction of sp³-hybridized carbons (Fsp3) is 0.476. The van der Waals surface area contributed by atoms with Crippen molar-refractivity contribution in [2.24, 2.45) is 5.73 Å². The number of hydrogen-bond donors (Lipinski definition) is 3. The zero-order chi connectivity index (χ0) is 21.1. The first-order chi connectivity index (χ1) is 13.8. The van der Waals surface area contributed by atoms with E-state index in [4.69, 9.17) is 20.8 Å². The number of nitrogens with zero attached hydrogens (tertiary/aromatic N) is 3. The van der Waals surface area contributed by atoms with Gasteiger partial charge in [-0.15, -0.1) is 0 Å². The Bertz CT molecular complexity index is 977. The average Bonchev–Trinajstić information content (AvgIpc) is 3.12. The van der Waals surface area contributed by atoms with E-state index in [-0.39, 0.29) is 5.76 Å². The summed E-state index contributed by atoms with van der Waals surface area (Å²) in [7, 11) is 2.11. The summed E-state index contributed by atoms with van der Waals surface area (Å²) < 4.78 is 6.26. The lowest BCUT2D eigenvalue weighted by molar-refractivity contribution is 0.200. The second kappa shape index (κ2) is 8.97. The fourth-order valence-corrected chi connectivity index (χ4v) is 4.43. The molecule has 8 heteroatoms. The van der Waals surface area contributed by atoms with Crippen LogP contribution < -0.4 is 11.1 Å². The summed E-state index contributed by atoms with van der Waals surface area (Å²) in [5, 5.41) is 21.3. The molecule has 1 fully saturated rings. The molecular formula is C21H27BrN6O. The standard InChI is InChI=1S/C21H27BrN6O/c1-12(24)18(13(2)25)11-28(3)15-6-4-14(5-7-15)27-21-20(22)17-8-16(9-23)29-19(17)10-26-21/h8,10,14-15,24H,4-7,11,25H2,1-3H3,(H,26,27)/b18-13-,24-12?. The summed E-state index contributed by atoms with van der Waals surface area (Å²) in [5.74, 6) is 1.06. The van der Waals surface area contributed by atoms with Crippen LogP contribution >= 0.6 is 15.9 Å². The molecular weight excluding hydrogens is 432 g/mol. The minimum atomic E-state index is 0.282. The zero-order valence-electron chi connectivity index (χ0n) is 17.1. The number of pyridine rings is 1. The Morgan fingerprint density at radius 3 is 2.69 bits per heavy atom. The smallest absolute Gasteiger partial charge is 0.204 e. The summed E-state index contributed by atoms with van der Waals surface area (Å²) in [4.78, 5) is 6.78. The second-order valence-corrected chi connectivity index (χ2v) is 8.57. The molecule has 0 amide bonds. The van der Waals surface area contributed by atoms with Crippen molar-refractivity contribution in [2.45, 2.75) is 51.6 Å². The van der Waals surface area contributed by atoms with Crippen molar-refractivity contribution in [2.75, 3.05) is 18.9 Å². The summed E-state index contributed by atoms with van der Waals surface area (Å²) in [6, 6.07) is 4.58. The van der Waals surface area contributed by atoms with Gasteiger partial charge in [0.25, 0.3) is 0 Å². The molecule has 0 saturated heterocycles. The molecule has 0 unspecified atom stereocenters. The number of aromatic nitrogens is 1. The predicted octanol–water partition coefficient (Wildman–Crippen LogP) is 4.39. The van der Waals surface area contributed by atoms with E-state index in [2.05, 4.69) is 38.2 Å². The van der Waals surface area contributed by atoms with Gasteiger partial charge in [-0.2, -0.15) is 5.26 Å². The van der Waals surface area contributed by atoms with Crippen molar-refractivity contribution in [3.8, 4) is 6.07 Å². The van der Waals surface area contributed by atoms with Crippen molar-refractivity contribution < 1.29 is 4.42 Å². The Labute approximate surface area is 179 Å². The maximum atomic E-state index is 9.02. The first kappa shape index (κ1) is 21.3. The molecule has 4 N–H and O–H groups in total. The van der Waals surface area contributed by atoms with Crippen LogP contribution in [0.4, 0.5) is 5.82 Å². The highest BCUT2D eigenvalue weighted by Crippen LogP contribution is 2.33. The molecule has 29 heavy (non-hydrogen) atoms. The molecule has 1 aliphatic carbocycles. The van der Waals surface area contributed by atoms with Gasteiger partial charge in [0.15, 0.2) is 5.58 Å². The van der Waals surface area contributed by atoms with Crippen LogP contribution in [0.2, 0.25) is 0 Å². The number of hydrogen-bond acceptors (Lipinski definition) is 7. The van der Waals surface area contributed by atoms with Gasteiger partial charge in [-0.05, 0) is 62.5 Å². The summed E-state index contributed by atoms with van der Waals surface area (Å²) in [5.41, 5.74) is 8.74. The topological polar surface area (TPSA) is 115 Å². The fourth-order valence-electron chi connectivity index (χ4n) is 3.91. The third-order valence-corrected chi connectivity index (χ3v) is 6.43. The van der Waals surface area contributed by atoms with Crippen LogP contribution in [0.15, 0.2) is 32.4 Å². The summed E-state index contributed by atoms with van der Waals surface area (Å²) >= 11 is 3.60. The zero-order valence-corrected chi connectivity index (χ0v) is 18.6. The largest absolute Gasteiger partial charge is 0.444 e. The molecule has 154 valence electrons. The molecule has 2 heterocycles. The average molecular weight is 459 g/mol. The van der Waals surface area contributed by atoms with E-state index in [0.29, 0.717) is 29.9 Å². The Morgan fingerprint density at radius 1 is 1.41 bits per heavy atom. The van der Waals surface area contributed by atoms with E-state index in [0.717, 1.165) is 52.6 Å². The van der Waals surface area contributed by atoms with Crippen LogP contribution in [0.5, 0.6) is 0 Å². The summed E-state index contributed by atoms with van der Waals surface area (Å²) in [6.07, 6.45) is 5.89.